The Balaban J connectivity index is 1.01. The molecule has 7 rings (SSSR count). The summed E-state index contributed by atoms with van der Waals surface area (Å²) in [5, 5.41) is 6.48. The number of Topliss-reactive ketones (excluding diaryl/α,β-unsaturated/α-hetero) is 1. The Hall–Kier alpha value is -1.51. The minimum absolute atomic E-state index is 0.0495. The molecule has 4 aliphatic carbocycles. The van der Waals surface area contributed by atoms with Crippen molar-refractivity contribution in [2.45, 2.75) is 110 Å². The molecule has 0 aromatic rings. The van der Waals surface area contributed by atoms with E-state index in [2.05, 4.69) is 38.3 Å². The number of nitrogens with one attached hydrogen (secondary N) is 2. The Kier molecular flexibility index (Phi) is 7.33. The number of piperazine rings is 1. The Morgan fingerprint density at radius 2 is 1.81 bits per heavy atom. The summed E-state index contributed by atoms with van der Waals surface area (Å²) in [6.45, 7) is 13.0. The second-order valence-corrected chi connectivity index (χ2v) is 15.9. The van der Waals surface area contributed by atoms with E-state index in [-0.39, 0.29) is 53.0 Å². The van der Waals surface area contributed by atoms with Gasteiger partial charge in [0.25, 0.3) is 0 Å². The van der Waals surface area contributed by atoms with Crippen LogP contribution in [0.25, 0.3) is 0 Å². The van der Waals surface area contributed by atoms with Crippen LogP contribution in [0.5, 0.6) is 0 Å². The van der Waals surface area contributed by atoms with Crippen LogP contribution in [0.3, 0.4) is 0 Å². The molecular formula is C34H53N3O5. The third-order valence-corrected chi connectivity index (χ3v) is 13.9. The lowest BCUT2D eigenvalue weighted by Gasteiger charge is -2.60. The van der Waals surface area contributed by atoms with Crippen LogP contribution in [0.2, 0.25) is 0 Å². The van der Waals surface area contributed by atoms with E-state index in [1.54, 1.807) is 4.90 Å². The van der Waals surface area contributed by atoms with Crippen LogP contribution in [-0.2, 0) is 23.9 Å². The molecule has 12 atom stereocenters. The zero-order valence-corrected chi connectivity index (χ0v) is 26.3. The highest BCUT2D eigenvalue weighted by Crippen LogP contribution is 2.70. The fourth-order valence-corrected chi connectivity index (χ4v) is 11.5. The van der Waals surface area contributed by atoms with Crippen molar-refractivity contribution in [3.8, 4) is 0 Å². The van der Waals surface area contributed by atoms with Crippen molar-refractivity contribution in [1.82, 2.24) is 15.5 Å². The zero-order valence-electron chi connectivity index (χ0n) is 26.3. The number of rotatable bonds is 3. The van der Waals surface area contributed by atoms with E-state index in [1.807, 2.05) is 0 Å². The largest absolute Gasteiger partial charge is 0.353 e. The van der Waals surface area contributed by atoms with Crippen LogP contribution < -0.4 is 10.6 Å². The van der Waals surface area contributed by atoms with Crippen molar-refractivity contribution in [2.75, 3.05) is 32.8 Å². The molecule has 3 aliphatic heterocycles. The molecule has 7 fully saturated rings. The van der Waals surface area contributed by atoms with E-state index in [9.17, 15) is 14.4 Å². The van der Waals surface area contributed by atoms with Gasteiger partial charge >= 0.3 is 0 Å². The number of ketones is 1. The second-order valence-electron chi connectivity index (χ2n) is 15.9. The van der Waals surface area contributed by atoms with Gasteiger partial charge in [0.1, 0.15) is 12.2 Å². The SMILES string of the molecule is C[C@@H]1CC[C@@]2(OC1)O[C@H]1C[C@H]3[C@@H]4CC[C@H]5C[C@@H](NC(=O)CC(=O)N6CCNCC6)CC[C@]5(C)[C@H]4CC(=O)[C@]3(C)[C@H]1[C@@H]2C. The molecule has 0 aromatic heterocycles. The minimum Gasteiger partial charge on any atom is -0.353 e. The highest BCUT2D eigenvalue weighted by Gasteiger charge is 2.71. The van der Waals surface area contributed by atoms with Crippen LogP contribution >= 0.6 is 0 Å². The quantitative estimate of drug-likeness (QED) is 0.489. The first-order chi connectivity index (χ1) is 20.0. The monoisotopic (exact) mass is 583 g/mol. The highest BCUT2D eigenvalue weighted by molar-refractivity contribution is 5.97. The lowest BCUT2D eigenvalue weighted by molar-refractivity contribution is -0.272. The van der Waals surface area contributed by atoms with Gasteiger partial charge in [0.2, 0.25) is 11.8 Å². The molecule has 3 heterocycles. The summed E-state index contributed by atoms with van der Waals surface area (Å²) < 4.78 is 13.3. The second kappa shape index (κ2) is 10.5. The van der Waals surface area contributed by atoms with Gasteiger partial charge in [-0.05, 0) is 80.0 Å². The summed E-state index contributed by atoms with van der Waals surface area (Å²) in [6.07, 6.45) is 9.15. The minimum atomic E-state index is -0.491. The van der Waals surface area contributed by atoms with Crippen molar-refractivity contribution in [3.05, 3.63) is 0 Å². The van der Waals surface area contributed by atoms with Gasteiger partial charge < -0.3 is 25.0 Å². The first-order valence-corrected chi connectivity index (χ1v) is 17.2. The summed E-state index contributed by atoms with van der Waals surface area (Å²) >= 11 is 0. The number of amides is 2. The molecule has 8 nitrogen and oxygen atoms in total. The molecule has 42 heavy (non-hydrogen) atoms. The number of carbonyl (C=O) groups excluding carboxylic acids is 3. The molecule has 7 aliphatic rings. The molecule has 8 heteroatoms. The molecule has 2 amide bonds. The zero-order chi connectivity index (χ0) is 29.4. The van der Waals surface area contributed by atoms with E-state index in [1.165, 1.54) is 12.8 Å². The standard InChI is InChI=1S/C34H53N3O5/c1-20-7-10-34(41-19-20)21(2)31-27(42-34)16-26-24-6-5-22-15-23(36-29(39)18-30(40)37-13-11-35-12-14-37)8-9-32(22,3)25(24)17-28(38)33(26,31)4/h20-27,31,35H,5-19H2,1-4H3,(H,36,39)/t20-,21+,22+,23+,24-,25+,26+,27+,31+,32+,33-,34-/m1/s1. The van der Waals surface area contributed by atoms with E-state index in [0.29, 0.717) is 54.9 Å². The molecule has 234 valence electrons. The first kappa shape index (κ1) is 29.2. The fourth-order valence-electron chi connectivity index (χ4n) is 11.5. The smallest absolute Gasteiger partial charge is 0.232 e. The predicted octanol–water partition coefficient (Wildman–Crippen LogP) is 3.92. The predicted molar refractivity (Wildman–Crippen MR) is 158 cm³/mol. The molecular weight excluding hydrogens is 530 g/mol. The van der Waals surface area contributed by atoms with Gasteiger partial charge in [-0.15, -0.1) is 0 Å². The Morgan fingerprint density at radius 3 is 2.55 bits per heavy atom. The Morgan fingerprint density at radius 1 is 1.02 bits per heavy atom. The third-order valence-electron chi connectivity index (χ3n) is 13.9. The van der Waals surface area contributed by atoms with Crippen molar-refractivity contribution in [2.24, 2.45) is 52.3 Å². The summed E-state index contributed by atoms with van der Waals surface area (Å²) in [4.78, 5) is 41.6. The maximum absolute atomic E-state index is 14.3. The maximum atomic E-state index is 14.3. The average Bonchev–Trinajstić information content (AvgIpc) is 3.42. The Bertz CT molecular complexity index is 1100. The number of carbonyl (C=O) groups is 3. The van der Waals surface area contributed by atoms with Crippen LogP contribution in [0.4, 0.5) is 0 Å². The normalized spacial score (nSPS) is 50.0. The fraction of sp³-hybridized carbons (Fsp3) is 0.912. The van der Waals surface area contributed by atoms with Gasteiger partial charge in [-0.25, -0.2) is 0 Å². The lowest BCUT2D eigenvalue weighted by atomic mass is 9.44. The molecule has 0 unspecified atom stereocenters. The molecule has 3 saturated heterocycles. The number of hydrogen-bond acceptors (Lipinski definition) is 6. The number of nitrogens with zero attached hydrogens (tertiary/aromatic N) is 1. The number of ether oxygens (including phenoxy) is 2. The van der Waals surface area contributed by atoms with Gasteiger partial charge in [0.15, 0.2) is 5.79 Å². The summed E-state index contributed by atoms with van der Waals surface area (Å²) in [5.41, 5.74) is -0.182. The summed E-state index contributed by atoms with van der Waals surface area (Å²) in [6, 6.07) is 0.127. The highest BCUT2D eigenvalue weighted by atomic mass is 16.7. The third kappa shape index (κ3) is 4.43. The van der Waals surface area contributed by atoms with Gasteiger partial charge in [0, 0.05) is 62.3 Å². The summed E-state index contributed by atoms with van der Waals surface area (Å²) in [7, 11) is 0. The maximum Gasteiger partial charge on any atom is 0.232 e. The number of fused-ring (bicyclic) bond motifs is 7. The summed E-state index contributed by atoms with van der Waals surface area (Å²) in [5.74, 6) is 2.76. The average molecular weight is 584 g/mol. The molecule has 0 radical (unpaired) electrons. The van der Waals surface area contributed by atoms with Gasteiger partial charge in [0.05, 0.1) is 12.7 Å². The van der Waals surface area contributed by atoms with Gasteiger partial charge in [-0.3, -0.25) is 14.4 Å². The first-order valence-electron chi connectivity index (χ1n) is 17.2. The van der Waals surface area contributed by atoms with Gasteiger partial charge in [-0.2, -0.15) is 0 Å². The molecule has 0 bridgehead atoms. The van der Waals surface area contributed by atoms with Gasteiger partial charge in [-0.1, -0.05) is 27.7 Å². The van der Waals surface area contributed by atoms with E-state index in [4.69, 9.17) is 9.47 Å². The van der Waals surface area contributed by atoms with Crippen molar-refractivity contribution in [1.29, 1.82) is 0 Å². The van der Waals surface area contributed by atoms with Crippen molar-refractivity contribution < 1.29 is 23.9 Å². The van der Waals surface area contributed by atoms with Crippen LogP contribution in [0.15, 0.2) is 0 Å². The van der Waals surface area contributed by atoms with Crippen molar-refractivity contribution in [3.63, 3.8) is 0 Å². The van der Waals surface area contributed by atoms with E-state index in [0.717, 1.165) is 58.2 Å². The van der Waals surface area contributed by atoms with Crippen LogP contribution in [0, 0.1) is 52.3 Å². The number of hydrogen-bond donors (Lipinski definition) is 2. The molecule has 4 saturated carbocycles. The van der Waals surface area contributed by atoms with E-state index < -0.39 is 5.79 Å². The topological polar surface area (TPSA) is 97.0 Å². The molecule has 0 aromatic carbocycles. The van der Waals surface area contributed by atoms with Crippen LogP contribution in [0.1, 0.15) is 91.9 Å². The molecule has 1 spiro atoms. The van der Waals surface area contributed by atoms with E-state index >= 15 is 0 Å². The Labute approximate surface area is 251 Å². The molecule has 2 N–H and O–H groups in total. The van der Waals surface area contributed by atoms with Crippen LogP contribution in [-0.4, -0.2) is 73.2 Å². The lowest BCUT2D eigenvalue weighted by Crippen LogP contribution is -2.59. The van der Waals surface area contributed by atoms with Crippen molar-refractivity contribution >= 4 is 17.6 Å².